The fraction of sp³-hybridized carbons (Fsp3) is 1.00. The maximum atomic E-state index is 2.39. The van der Waals surface area contributed by atoms with Crippen molar-refractivity contribution < 1.29 is 0 Å². The van der Waals surface area contributed by atoms with Crippen LogP contribution in [0.4, 0.5) is 0 Å². The monoisotopic (exact) mass is 179 g/mol. The summed E-state index contributed by atoms with van der Waals surface area (Å²) in [7, 11) is 2.19. The topological polar surface area (TPSA) is 3.24 Å². The minimum absolute atomic E-state index is 0. The molecule has 0 aliphatic carbocycles. The molecule has 1 saturated heterocycles. The minimum atomic E-state index is 0. The summed E-state index contributed by atoms with van der Waals surface area (Å²) < 4.78 is 0. The molecule has 0 amide bonds. The van der Waals surface area contributed by atoms with Crippen molar-refractivity contribution in [1.82, 2.24) is 4.90 Å². The van der Waals surface area contributed by atoms with Crippen molar-refractivity contribution in [2.45, 2.75) is 19.3 Å². The van der Waals surface area contributed by atoms with E-state index in [4.69, 9.17) is 0 Å². The molecule has 0 N–H and O–H groups in total. The Morgan fingerprint density at radius 1 is 1.00 bits per heavy atom. The van der Waals surface area contributed by atoms with Crippen LogP contribution in [0.25, 0.3) is 0 Å². The molecule has 1 fully saturated rings. The van der Waals surface area contributed by atoms with E-state index in [0.717, 1.165) is 0 Å². The van der Waals surface area contributed by atoms with Gasteiger partial charge in [-0.25, -0.2) is 0 Å². The summed E-state index contributed by atoms with van der Waals surface area (Å²) in [5, 5.41) is 0. The zero-order valence-corrected chi connectivity index (χ0v) is 7.10. The number of likely N-dealkylation sites (tertiary alicyclic amines) is 1. The lowest BCUT2D eigenvalue weighted by molar-refractivity contribution is 0.277. The Bertz CT molecular complexity index is 50.5. The van der Waals surface area contributed by atoms with Gasteiger partial charge in [0.15, 0.2) is 0 Å². The van der Waals surface area contributed by atoms with Gasteiger partial charge in [0.2, 0.25) is 0 Å². The van der Waals surface area contributed by atoms with Gasteiger partial charge in [-0.1, -0.05) is 6.42 Å². The third-order valence-corrected chi connectivity index (χ3v) is 1.58. The lowest BCUT2D eigenvalue weighted by atomic mass is 10.1. The normalized spacial score (nSPS) is 22.1. The lowest BCUT2D eigenvalue weighted by Crippen LogP contribution is -2.24. The van der Waals surface area contributed by atoms with Gasteiger partial charge >= 0.3 is 0 Å². The first-order valence-electron chi connectivity index (χ1n) is 3.08. The molecule has 2 heteroatoms. The molecular weight excluding hydrogens is 166 g/mol. The molecule has 1 nitrogen and oxygen atoms in total. The minimum Gasteiger partial charge on any atom is -0.306 e. The van der Waals surface area contributed by atoms with E-state index in [1.807, 2.05) is 0 Å². The van der Waals surface area contributed by atoms with Crippen molar-refractivity contribution in [2.24, 2.45) is 0 Å². The molecule has 1 aliphatic heterocycles. The first-order valence-corrected chi connectivity index (χ1v) is 3.08. The Labute approximate surface area is 61.8 Å². The molecule has 1 rings (SSSR count). The Morgan fingerprint density at radius 2 is 1.50 bits per heavy atom. The van der Waals surface area contributed by atoms with Crippen LogP contribution in [-0.2, 0) is 0 Å². The molecule has 0 radical (unpaired) electrons. The molecule has 1 aliphatic rings. The molecule has 0 saturated carbocycles. The molecular formula is C6H14BrN. The Balaban J connectivity index is 0.000000490. The van der Waals surface area contributed by atoms with Crippen molar-refractivity contribution in [3.8, 4) is 0 Å². The lowest BCUT2D eigenvalue weighted by Gasteiger charge is -2.20. The van der Waals surface area contributed by atoms with Crippen molar-refractivity contribution in [1.29, 1.82) is 0 Å². The zero-order chi connectivity index (χ0) is 5.11. The van der Waals surface area contributed by atoms with E-state index < -0.39 is 0 Å². The molecule has 0 spiro atoms. The van der Waals surface area contributed by atoms with Crippen LogP contribution < -0.4 is 0 Å². The summed E-state index contributed by atoms with van der Waals surface area (Å²) in [6, 6.07) is 0. The maximum Gasteiger partial charge on any atom is -0.00218 e. The summed E-state index contributed by atoms with van der Waals surface area (Å²) in [5.74, 6) is 0. The summed E-state index contributed by atoms with van der Waals surface area (Å²) >= 11 is 0. The van der Waals surface area contributed by atoms with Crippen molar-refractivity contribution >= 4 is 17.0 Å². The fourth-order valence-electron chi connectivity index (χ4n) is 1.05. The standard InChI is InChI=1S/C6H13N.BrH/c1-7-5-3-2-4-6-7;/h2-6H2,1H3;1H. The molecule has 0 aromatic rings. The van der Waals surface area contributed by atoms with Gasteiger partial charge in [0.05, 0.1) is 0 Å². The van der Waals surface area contributed by atoms with Crippen LogP contribution in [0.2, 0.25) is 0 Å². The maximum absolute atomic E-state index is 2.39. The van der Waals surface area contributed by atoms with Gasteiger partial charge < -0.3 is 4.90 Å². The molecule has 0 aromatic carbocycles. The van der Waals surface area contributed by atoms with E-state index in [9.17, 15) is 0 Å². The highest BCUT2D eigenvalue weighted by atomic mass is 79.9. The van der Waals surface area contributed by atoms with Gasteiger partial charge in [0.25, 0.3) is 0 Å². The smallest absolute Gasteiger partial charge is 0.00218 e. The predicted molar refractivity (Wildman–Crippen MR) is 41.7 cm³/mol. The molecule has 8 heavy (non-hydrogen) atoms. The highest BCUT2D eigenvalue weighted by molar-refractivity contribution is 8.93. The Morgan fingerprint density at radius 3 is 1.75 bits per heavy atom. The second kappa shape index (κ2) is 4.33. The largest absolute Gasteiger partial charge is 0.306 e. The predicted octanol–water partition coefficient (Wildman–Crippen LogP) is 1.68. The van der Waals surface area contributed by atoms with Gasteiger partial charge in [-0.3, -0.25) is 0 Å². The second-order valence-electron chi connectivity index (χ2n) is 2.36. The van der Waals surface area contributed by atoms with Crippen molar-refractivity contribution in [3.05, 3.63) is 0 Å². The van der Waals surface area contributed by atoms with Crippen LogP contribution in [0, 0.1) is 0 Å². The van der Waals surface area contributed by atoms with E-state index in [0.29, 0.717) is 0 Å². The average Bonchev–Trinajstić information content (AvgIpc) is 1.69. The van der Waals surface area contributed by atoms with E-state index in [1.165, 1.54) is 32.4 Å². The highest BCUT2D eigenvalue weighted by Gasteiger charge is 2.02. The highest BCUT2D eigenvalue weighted by Crippen LogP contribution is 2.04. The fourth-order valence-corrected chi connectivity index (χ4v) is 1.05. The zero-order valence-electron chi connectivity index (χ0n) is 5.39. The number of piperidine rings is 1. The van der Waals surface area contributed by atoms with E-state index in [-0.39, 0.29) is 17.0 Å². The van der Waals surface area contributed by atoms with Crippen LogP contribution in [0.3, 0.4) is 0 Å². The number of rotatable bonds is 0. The van der Waals surface area contributed by atoms with Crippen molar-refractivity contribution in [2.75, 3.05) is 20.1 Å². The molecule has 0 aromatic heterocycles. The number of hydrogen-bond donors (Lipinski definition) is 0. The van der Waals surface area contributed by atoms with Crippen LogP contribution in [-0.4, -0.2) is 25.0 Å². The number of hydrogen-bond acceptors (Lipinski definition) is 1. The third kappa shape index (κ3) is 2.68. The molecule has 50 valence electrons. The Kier molecular flexibility index (Phi) is 4.57. The molecule has 0 unspecified atom stereocenters. The van der Waals surface area contributed by atoms with Crippen LogP contribution in [0.5, 0.6) is 0 Å². The SMILES string of the molecule is Br.CN1CCCCC1. The first kappa shape index (κ1) is 8.44. The summed E-state index contributed by atoms with van der Waals surface area (Å²) in [4.78, 5) is 2.39. The molecule has 1 heterocycles. The van der Waals surface area contributed by atoms with Gasteiger partial charge in [-0.15, -0.1) is 17.0 Å². The number of halogens is 1. The van der Waals surface area contributed by atoms with Crippen LogP contribution in [0.15, 0.2) is 0 Å². The van der Waals surface area contributed by atoms with E-state index >= 15 is 0 Å². The van der Waals surface area contributed by atoms with Crippen LogP contribution in [0.1, 0.15) is 19.3 Å². The summed E-state index contributed by atoms with van der Waals surface area (Å²) in [6.45, 7) is 2.64. The first-order chi connectivity index (χ1) is 3.39. The summed E-state index contributed by atoms with van der Waals surface area (Å²) in [5.41, 5.74) is 0. The van der Waals surface area contributed by atoms with Gasteiger partial charge in [-0.2, -0.15) is 0 Å². The summed E-state index contributed by atoms with van der Waals surface area (Å²) in [6.07, 6.45) is 4.28. The van der Waals surface area contributed by atoms with Gasteiger partial charge in [-0.05, 0) is 33.0 Å². The van der Waals surface area contributed by atoms with E-state index in [2.05, 4.69) is 11.9 Å². The third-order valence-electron chi connectivity index (χ3n) is 1.58. The van der Waals surface area contributed by atoms with Gasteiger partial charge in [0, 0.05) is 0 Å². The van der Waals surface area contributed by atoms with E-state index in [1.54, 1.807) is 0 Å². The Hall–Kier alpha value is 0.440. The van der Waals surface area contributed by atoms with Crippen molar-refractivity contribution in [3.63, 3.8) is 0 Å². The number of nitrogens with zero attached hydrogens (tertiary/aromatic N) is 1. The van der Waals surface area contributed by atoms with Gasteiger partial charge in [0.1, 0.15) is 0 Å². The molecule has 0 bridgehead atoms. The second-order valence-corrected chi connectivity index (χ2v) is 2.36. The quantitative estimate of drug-likeness (QED) is 0.548. The molecule has 0 atom stereocenters. The van der Waals surface area contributed by atoms with Crippen LogP contribution >= 0.6 is 17.0 Å². The average molecular weight is 180 g/mol.